The minimum Gasteiger partial charge on any atom is -0.361 e. The van der Waals surface area contributed by atoms with Crippen molar-refractivity contribution >= 4 is 5.82 Å². The third-order valence-electron chi connectivity index (χ3n) is 3.39. The molecule has 0 atom stereocenters. The molecule has 0 aliphatic heterocycles. The second-order valence-electron chi connectivity index (χ2n) is 4.65. The Labute approximate surface area is 99.4 Å². The lowest BCUT2D eigenvalue weighted by Gasteiger charge is -2.37. The smallest absolute Gasteiger partial charge is 0.168 e. The van der Waals surface area contributed by atoms with E-state index < -0.39 is 11.6 Å². The summed E-state index contributed by atoms with van der Waals surface area (Å²) in [5.41, 5.74) is 5.49. The molecule has 2 rings (SSSR count). The van der Waals surface area contributed by atoms with E-state index in [1.54, 1.807) is 0 Å². The summed E-state index contributed by atoms with van der Waals surface area (Å²) in [7, 11) is 0. The van der Waals surface area contributed by atoms with Crippen LogP contribution in [0.1, 0.15) is 32.1 Å². The number of nitrogens with zero attached hydrogens (tertiary/aromatic N) is 1. The third kappa shape index (κ3) is 2.72. The zero-order valence-electron chi connectivity index (χ0n) is 9.68. The molecule has 1 fully saturated rings. The number of halogens is 2. The average molecular weight is 241 g/mol. The van der Waals surface area contributed by atoms with Crippen LogP contribution in [-0.4, -0.2) is 17.1 Å². The molecule has 1 aromatic rings. The molecule has 1 aliphatic rings. The minimum atomic E-state index is -0.668. The van der Waals surface area contributed by atoms with Crippen molar-refractivity contribution in [2.75, 3.05) is 11.9 Å². The van der Waals surface area contributed by atoms with E-state index in [0.717, 1.165) is 37.9 Å². The minimum absolute atomic E-state index is 0.0961. The first kappa shape index (κ1) is 12.2. The van der Waals surface area contributed by atoms with E-state index in [1.165, 1.54) is 6.42 Å². The fourth-order valence-electron chi connectivity index (χ4n) is 2.37. The maximum absolute atomic E-state index is 13.5. The summed E-state index contributed by atoms with van der Waals surface area (Å²) in [5.74, 6) is -1.24. The van der Waals surface area contributed by atoms with E-state index in [0.29, 0.717) is 6.54 Å². The van der Waals surface area contributed by atoms with Crippen molar-refractivity contribution in [1.82, 2.24) is 4.98 Å². The number of hydrogen-bond donors (Lipinski definition) is 2. The molecule has 0 aromatic carbocycles. The Hall–Kier alpha value is -1.23. The number of nitrogens with two attached hydrogens (primary N) is 1. The standard InChI is InChI=1S/C12H17F2N3/c13-9-6-10(14)11(16-7-9)17-12(8-15)4-2-1-3-5-12/h6-7H,1-5,8,15H2,(H,16,17). The number of rotatable bonds is 3. The molecule has 94 valence electrons. The zero-order valence-corrected chi connectivity index (χ0v) is 9.68. The van der Waals surface area contributed by atoms with Crippen molar-refractivity contribution in [1.29, 1.82) is 0 Å². The highest BCUT2D eigenvalue weighted by molar-refractivity contribution is 5.39. The number of nitrogens with one attached hydrogen (secondary N) is 1. The van der Waals surface area contributed by atoms with Crippen LogP contribution in [0.5, 0.6) is 0 Å². The largest absolute Gasteiger partial charge is 0.361 e. The first-order chi connectivity index (χ1) is 8.15. The van der Waals surface area contributed by atoms with Crippen molar-refractivity contribution in [3.63, 3.8) is 0 Å². The average Bonchev–Trinajstić information content (AvgIpc) is 2.34. The van der Waals surface area contributed by atoms with Crippen LogP contribution in [0.25, 0.3) is 0 Å². The molecule has 1 aromatic heterocycles. The van der Waals surface area contributed by atoms with Gasteiger partial charge in [0.1, 0.15) is 5.82 Å². The second-order valence-corrected chi connectivity index (χ2v) is 4.65. The van der Waals surface area contributed by atoms with E-state index in [1.807, 2.05) is 0 Å². The molecule has 1 aliphatic carbocycles. The van der Waals surface area contributed by atoms with Crippen LogP contribution >= 0.6 is 0 Å². The van der Waals surface area contributed by atoms with Gasteiger partial charge in [0.15, 0.2) is 11.6 Å². The van der Waals surface area contributed by atoms with Crippen molar-refractivity contribution < 1.29 is 8.78 Å². The summed E-state index contributed by atoms with van der Waals surface area (Å²) < 4.78 is 26.3. The maximum Gasteiger partial charge on any atom is 0.168 e. The molecule has 1 saturated carbocycles. The van der Waals surface area contributed by atoms with Gasteiger partial charge in [0.25, 0.3) is 0 Å². The van der Waals surface area contributed by atoms with Crippen molar-refractivity contribution in [3.8, 4) is 0 Å². The third-order valence-corrected chi connectivity index (χ3v) is 3.39. The number of pyridine rings is 1. The van der Waals surface area contributed by atoms with Gasteiger partial charge in [-0.25, -0.2) is 13.8 Å². The lowest BCUT2D eigenvalue weighted by Crippen LogP contribution is -2.47. The molecule has 3 N–H and O–H groups in total. The quantitative estimate of drug-likeness (QED) is 0.854. The number of anilines is 1. The molecule has 0 unspecified atom stereocenters. The topological polar surface area (TPSA) is 50.9 Å². The Morgan fingerprint density at radius 2 is 2.00 bits per heavy atom. The van der Waals surface area contributed by atoms with Gasteiger partial charge in [0.05, 0.1) is 11.7 Å². The molecule has 0 saturated heterocycles. The second kappa shape index (κ2) is 4.96. The predicted octanol–water partition coefficient (Wildman–Crippen LogP) is 2.43. The highest BCUT2D eigenvalue weighted by Crippen LogP contribution is 2.31. The van der Waals surface area contributed by atoms with Crippen molar-refractivity contribution in [3.05, 3.63) is 23.9 Å². The number of aromatic nitrogens is 1. The fraction of sp³-hybridized carbons (Fsp3) is 0.583. The maximum atomic E-state index is 13.5. The Morgan fingerprint density at radius 1 is 1.29 bits per heavy atom. The molecule has 17 heavy (non-hydrogen) atoms. The van der Waals surface area contributed by atoms with E-state index in [2.05, 4.69) is 10.3 Å². The summed E-state index contributed by atoms with van der Waals surface area (Å²) >= 11 is 0. The normalized spacial score (nSPS) is 19.0. The van der Waals surface area contributed by atoms with Gasteiger partial charge in [-0.15, -0.1) is 0 Å². The van der Waals surface area contributed by atoms with E-state index in [9.17, 15) is 8.78 Å². The molecular weight excluding hydrogens is 224 g/mol. The fourth-order valence-corrected chi connectivity index (χ4v) is 2.37. The summed E-state index contributed by atoms with van der Waals surface area (Å²) in [5, 5.41) is 3.06. The predicted molar refractivity (Wildman–Crippen MR) is 62.6 cm³/mol. The molecular formula is C12H17F2N3. The molecule has 0 amide bonds. The van der Waals surface area contributed by atoms with Crippen LogP contribution in [0.3, 0.4) is 0 Å². The Kier molecular flexibility index (Phi) is 3.57. The molecule has 1 heterocycles. The van der Waals surface area contributed by atoms with Crippen molar-refractivity contribution in [2.24, 2.45) is 5.73 Å². The first-order valence-electron chi connectivity index (χ1n) is 5.94. The zero-order chi connectivity index (χ0) is 12.3. The Morgan fingerprint density at radius 3 is 2.59 bits per heavy atom. The monoisotopic (exact) mass is 241 g/mol. The Bertz CT molecular complexity index is 389. The van der Waals surface area contributed by atoms with Gasteiger partial charge in [-0.1, -0.05) is 19.3 Å². The van der Waals surface area contributed by atoms with Gasteiger partial charge in [0.2, 0.25) is 0 Å². The number of hydrogen-bond acceptors (Lipinski definition) is 3. The molecule has 0 spiro atoms. The van der Waals surface area contributed by atoms with Gasteiger partial charge < -0.3 is 11.1 Å². The summed E-state index contributed by atoms with van der Waals surface area (Å²) in [6.45, 7) is 0.436. The molecule has 3 nitrogen and oxygen atoms in total. The van der Waals surface area contributed by atoms with Gasteiger partial charge in [-0.3, -0.25) is 0 Å². The highest BCUT2D eigenvalue weighted by atomic mass is 19.1. The van der Waals surface area contributed by atoms with Crippen LogP contribution in [0.4, 0.5) is 14.6 Å². The van der Waals surface area contributed by atoms with Gasteiger partial charge in [-0.05, 0) is 12.8 Å². The van der Waals surface area contributed by atoms with Crippen LogP contribution in [0.2, 0.25) is 0 Å². The van der Waals surface area contributed by atoms with E-state index >= 15 is 0 Å². The van der Waals surface area contributed by atoms with Crippen LogP contribution in [-0.2, 0) is 0 Å². The van der Waals surface area contributed by atoms with Gasteiger partial charge in [0, 0.05) is 12.6 Å². The highest BCUT2D eigenvalue weighted by Gasteiger charge is 2.31. The summed E-state index contributed by atoms with van der Waals surface area (Å²) in [6, 6.07) is 0.836. The lowest BCUT2D eigenvalue weighted by molar-refractivity contribution is 0.328. The SMILES string of the molecule is NCC1(Nc2ncc(F)cc2F)CCCCC1. The van der Waals surface area contributed by atoms with Crippen LogP contribution in [0.15, 0.2) is 12.3 Å². The molecule has 0 radical (unpaired) electrons. The van der Waals surface area contributed by atoms with Gasteiger partial charge >= 0.3 is 0 Å². The van der Waals surface area contributed by atoms with Crippen molar-refractivity contribution in [2.45, 2.75) is 37.6 Å². The van der Waals surface area contributed by atoms with E-state index in [4.69, 9.17) is 5.73 Å². The Balaban J connectivity index is 2.17. The molecule has 5 heteroatoms. The van der Waals surface area contributed by atoms with E-state index in [-0.39, 0.29) is 11.4 Å². The lowest BCUT2D eigenvalue weighted by atomic mass is 9.81. The van der Waals surface area contributed by atoms with Crippen LogP contribution in [0, 0.1) is 11.6 Å². The van der Waals surface area contributed by atoms with Gasteiger partial charge in [-0.2, -0.15) is 0 Å². The summed E-state index contributed by atoms with van der Waals surface area (Å²) in [6.07, 6.45) is 6.16. The molecule has 0 bridgehead atoms. The summed E-state index contributed by atoms with van der Waals surface area (Å²) in [4.78, 5) is 3.75. The van der Waals surface area contributed by atoms with Crippen LogP contribution < -0.4 is 11.1 Å². The first-order valence-corrected chi connectivity index (χ1v) is 5.94.